The Morgan fingerprint density at radius 1 is 1.04 bits per heavy atom. The number of rotatable bonds is 9. The summed E-state index contributed by atoms with van der Waals surface area (Å²) in [6.45, 7) is -0.768. The topological polar surface area (TPSA) is 87.2 Å². The molecule has 5 heterocycles. The molecule has 0 spiro atoms. The molecule has 6 rings (SSSR count). The highest BCUT2D eigenvalue weighted by atomic mass is 32.1. The van der Waals surface area contributed by atoms with Crippen LogP contribution in [-0.4, -0.2) is 114 Å². The second kappa shape index (κ2) is 13.5. The second-order valence-electron chi connectivity index (χ2n) is 11.0. The van der Waals surface area contributed by atoms with Crippen LogP contribution >= 0.6 is 11.3 Å². The van der Waals surface area contributed by atoms with Crippen molar-refractivity contribution in [2.45, 2.75) is 13.3 Å². The van der Waals surface area contributed by atoms with Gasteiger partial charge in [-0.3, -0.25) is 19.0 Å². The summed E-state index contributed by atoms with van der Waals surface area (Å²) in [6.07, 6.45) is 2.73. The van der Waals surface area contributed by atoms with Gasteiger partial charge in [0.15, 0.2) is 5.13 Å². The Kier molecular flexibility index (Phi) is 7.83. The van der Waals surface area contributed by atoms with E-state index in [1.54, 1.807) is 17.0 Å². The number of imidazole rings is 1. The van der Waals surface area contributed by atoms with Crippen molar-refractivity contribution in [2.75, 3.05) is 88.9 Å². The molecule has 45 heavy (non-hydrogen) atoms. The van der Waals surface area contributed by atoms with E-state index in [0.717, 1.165) is 27.7 Å². The van der Waals surface area contributed by atoms with Gasteiger partial charge in [-0.05, 0) is 42.8 Å². The number of pyridine rings is 1. The Morgan fingerprint density at radius 2 is 1.76 bits per heavy atom. The molecule has 2 aliphatic heterocycles. The van der Waals surface area contributed by atoms with Crippen molar-refractivity contribution < 1.29 is 19.1 Å². The highest BCUT2D eigenvalue weighted by Gasteiger charge is 2.26. The van der Waals surface area contributed by atoms with Crippen molar-refractivity contribution in [3.05, 3.63) is 59.0 Å². The molecule has 1 aromatic carbocycles. The van der Waals surface area contributed by atoms with E-state index < -0.39 is 13.1 Å². The lowest BCUT2D eigenvalue weighted by Gasteiger charge is -2.38. The number of aromatic nitrogens is 3. The third-order valence-corrected chi connectivity index (χ3v) is 9.39. The number of halogens is 2. The number of thiazole rings is 1. The minimum absolute atomic E-state index is 0.0566. The molecule has 236 valence electrons. The third kappa shape index (κ3) is 6.49. The van der Waals surface area contributed by atoms with Gasteiger partial charge in [-0.15, -0.1) is 0 Å². The second-order valence-corrected chi connectivity index (χ2v) is 12.0. The van der Waals surface area contributed by atoms with Crippen LogP contribution in [-0.2, 0) is 11.2 Å². The van der Waals surface area contributed by atoms with Crippen LogP contribution in [0.5, 0.6) is 0 Å². The minimum atomic E-state index is -3.50. The number of carbonyl (C=O) groups is 1. The van der Waals surface area contributed by atoms with Crippen molar-refractivity contribution in [3.63, 3.8) is 0 Å². The van der Waals surface area contributed by atoms with Gasteiger partial charge in [-0.2, -0.15) is 5.26 Å². The summed E-state index contributed by atoms with van der Waals surface area (Å²) in [5.41, 5.74) is 3.82. The number of carbonyl (C=O) groups excluding carboxylic acids is 1. The molecule has 3 aromatic heterocycles. The van der Waals surface area contributed by atoms with Gasteiger partial charge in [0.05, 0.1) is 20.7 Å². The lowest BCUT2D eigenvalue weighted by atomic mass is 10.1. The fraction of sp³-hybridized carbons (Fsp3) is 0.438. The third-order valence-electron chi connectivity index (χ3n) is 8.35. The molecule has 13 heteroatoms. The summed E-state index contributed by atoms with van der Waals surface area (Å²) >= 11 is 1.26. The molecule has 0 unspecified atom stereocenters. The fourth-order valence-corrected chi connectivity index (χ4v) is 6.70. The van der Waals surface area contributed by atoms with Crippen molar-refractivity contribution in [2.24, 2.45) is 0 Å². The van der Waals surface area contributed by atoms with E-state index in [2.05, 4.69) is 15.9 Å². The number of amides is 1. The molecule has 0 radical (unpaired) electrons. The molecule has 0 saturated carbocycles. The van der Waals surface area contributed by atoms with Crippen LogP contribution in [0.15, 0.2) is 42.6 Å². The van der Waals surface area contributed by atoms with Gasteiger partial charge in [0, 0.05) is 80.4 Å². The number of alkyl halides is 1. The number of benzene rings is 1. The SMILES string of the molecule is [2H]C([2H])(F)C([2H])([2H])N1CCN(C(=O)CN2CCN(c3ccc4nc(CC)c(N(C)c5nc(-c6ccc(F)cc6)c(C#N)s5)n4c3)CC2)CC1. The van der Waals surface area contributed by atoms with Crippen LogP contribution in [0.1, 0.15) is 23.0 Å². The lowest BCUT2D eigenvalue weighted by molar-refractivity contribution is -0.134. The van der Waals surface area contributed by atoms with Gasteiger partial charge in [-0.25, -0.2) is 18.7 Å². The zero-order chi connectivity index (χ0) is 35.1. The summed E-state index contributed by atoms with van der Waals surface area (Å²) in [4.78, 5) is 32.2. The van der Waals surface area contributed by atoms with E-state index in [4.69, 9.17) is 15.5 Å². The van der Waals surface area contributed by atoms with Gasteiger partial charge in [0.1, 0.15) is 40.5 Å². The summed E-state index contributed by atoms with van der Waals surface area (Å²) in [7, 11) is 1.90. The smallest absolute Gasteiger partial charge is 0.236 e. The molecule has 0 atom stereocenters. The van der Waals surface area contributed by atoms with E-state index in [1.807, 2.05) is 41.6 Å². The number of hydrogen-bond acceptors (Lipinski definition) is 9. The predicted octanol–water partition coefficient (Wildman–Crippen LogP) is 4.03. The molecule has 2 fully saturated rings. The lowest BCUT2D eigenvalue weighted by Crippen LogP contribution is -2.54. The zero-order valence-corrected chi connectivity index (χ0v) is 26.0. The number of nitrogens with zero attached hydrogens (tertiary/aromatic N) is 9. The molecule has 2 aliphatic rings. The first-order valence-corrected chi connectivity index (χ1v) is 15.7. The maximum Gasteiger partial charge on any atom is 0.236 e. The van der Waals surface area contributed by atoms with Gasteiger partial charge in [0.25, 0.3) is 0 Å². The minimum Gasteiger partial charge on any atom is -0.368 e. The van der Waals surface area contributed by atoms with Crippen LogP contribution in [0.3, 0.4) is 0 Å². The number of hydrogen-bond donors (Lipinski definition) is 0. The van der Waals surface area contributed by atoms with Crippen molar-refractivity contribution in [3.8, 4) is 17.3 Å². The maximum absolute atomic E-state index is 13.8. The average Bonchev–Trinajstić information content (AvgIpc) is 3.70. The fourth-order valence-electron chi connectivity index (χ4n) is 5.85. The largest absolute Gasteiger partial charge is 0.368 e. The number of aryl methyl sites for hydroxylation is 1. The Hall–Kier alpha value is -4.12. The van der Waals surface area contributed by atoms with Crippen molar-refractivity contribution in [1.82, 2.24) is 29.1 Å². The standard InChI is InChI=1S/C32H37F2N9OS/c1-3-26-31(38(2)32-37-30(27(20-35)45-32)23-4-6-24(34)7-5-23)43-21-25(8-9-28(43)36-26)41-16-14-40(15-17-41)22-29(44)42-18-12-39(11-10-33)13-19-42/h4-9,21H,3,10-19,22H2,1-2H3/i10D2,11D2. The molecular weight excluding hydrogens is 596 g/mol. The molecule has 1 amide bonds. The molecule has 0 aliphatic carbocycles. The first kappa shape index (κ1) is 26.1. The quantitative estimate of drug-likeness (QED) is 0.272. The maximum atomic E-state index is 13.8. The first-order valence-electron chi connectivity index (χ1n) is 16.9. The average molecular weight is 638 g/mol. The van der Waals surface area contributed by atoms with Gasteiger partial charge < -0.3 is 14.7 Å². The van der Waals surface area contributed by atoms with Crippen molar-refractivity contribution >= 4 is 39.5 Å². The number of fused-ring (bicyclic) bond motifs is 1. The van der Waals surface area contributed by atoms with Crippen LogP contribution < -0.4 is 9.80 Å². The number of nitriles is 1. The molecule has 0 bridgehead atoms. The Bertz CT molecular complexity index is 1860. The van der Waals surface area contributed by atoms with Gasteiger partial charge in [0.2, 0.25) is 5.91 Å². The summed E-state index contributed by atoms with van der Waals surface area (Å²) in [5, 5.41) is 10.5. The molecule has 2 saturated heterocycles. The molecule has 4 aromatic rings. The van der Waals surface area contributed by atoms with Gasteiger partial charge in [-0.1, -0.05) is 18.3 Å². The van der Waals surface area contributed by atoms with E-state index in [1.165, 1.54) is 23.5 Å². The van der Waals surface area contributed by atoms with Crippen LogP contribution in [0.4, 0.5) is 25.4 Å². The number of anilines is 3. The summed E-state index contributed by atoms with van der Waals surface area (Å²) in [5.74, 6) is 0.394. The van der Waals surface area contributed by atoms with E-state index in [-0.39, 0.29) is 44.4 Å². The first-order chi connectivity index (χ1) is 23.3. The van der Waals surface area contributed by atoms with Crippen LogP contribution in [0, 0.1) is 17.1 Å². The van der Waals surface area contributed by atoms with Crippen molar-refractivity contribution in [1.29, 1.82) is 5.26 Å². The van der Waals surface area contributed by atoms with Gasteiger partial charge >= 0.3 is 0 Å². The van der Waals surface area contributed by atoms with E-state index in [0.29, 0.717) is 53.9 Å². The highest BCUT2D eigenvalue weighted by Crippen LogP contribution is 2.37. The van der Waals surface area contributed by atoms with Crippen LogP contribution in [0.25, 0.3) is 16.9 Å². The van der Waals surface area contributed by atoms with Crippen LogP contribution in [0.2, 0.25) is 0 Å². The zero-order valence-electron chi connectivity index (χ0n) is 29.2. The monoisotopic (exact) mass is 637 g/mol. The summed E-state index contributed by atoms with van der Waals surface area (Å²) in [6, 6.07) is 12.2. The molecule has 10 nitrogen and oxygen atoms in total. The van der Waals surface area contributed by atoms with E-state index >= 15 is 0 Å². The Labute approximate surface area is 271 Å². The number of piperazine rings is 2. The normalized spacial score (nSPS) is 18.3. The Morgan fingerprint density at radius 3 is 2.42 bits per heavy atom. The Balaban J connectivity index is 1.12. The summed E-state index contributed by atoms with van der Waals surface area (Å²) < 4.78 is 59.4. The predicted molar refractivity (Wildman–Crippen MR) is 173 cm³/mol. The van der Waals surface area contributed by atoms with E-state index in [9.17, 15) is 18.8 Å². The highest BCUT2D eigenvalue weighted by molar-refractivity contribution is 7.16. The molecular formula is C32H37F2N9OS. The molecule has 0 N–H and O–H groups in total.